The molecule has 89 heavy (non-hydrogen) atoms. The average Bonchev–Trinajstić information content (AvgIpc) is 1.62. The van der Waals surface area contributed by atoms with Gasteiger partial charge in [0.05, 0.1) is 50.2 Å². The largest absolute Gasteiger partial charge is 0.455 e. The summed E-state index contributed by atoms with van der Waals surface area (Å²) in [4.78, 5) is 10.0. The first kappa shape index (κ1) is 52.1. The number of rotatable bonds is 10. The van der Waals surface area contributed by atoms with Crippen molar-refractivity contribution in [2.45, 2.75) is 31.6 Å². The van der Waals surface area contributed by atoms with Gasteiger partial charge >= 0.3 is 0 Å². The smallest absolute Gasteiger partial charge is 0.153 e. The maximum atomic E-state index is 7.52. The first-order valence-electron chi connectivity index (χ1n) is 30.8. The maximum Gasteiger partial charge on any atom is 0.153 e. The van der Waals surface area contributed by atoms with E-state index in [0.717, 1.165) is 101 Å². The minimum atomic E-state index is -0.626. The Morgan fingerprint density at radius 2 is 0.888 bits per heavy atom. The lowest BCUT2D eigenvalue weighted by atomic mass is 9.66. The van der Waals surface area contributed by atoms with Crippen LogP contribution in [-0.2, 0) is 10.8 Å². The summed E-state index contributed by atoms with van der Waals surface area (Å²) in [5.74, 6) is 2.32. The number of pyridine rings is 1. The molecular weight excluding hydrogens is 1080 g/mol. The predicted octanol–water partition coefficient (Wildman–Crippen LogP) is 21.3. The molecule has 424 valence electrons. The lowest BCUT2D eigenvalue weighted by molar-refractivity contribution is 0.481. The minimum Gasteiger partial charge on any atom is -0.455 e. The van der Waals surface area contributed by atoms with E-state index in [2.05, 4.69) is 337 Å². The molecule has 3 aromatic heterocycles. The normalized spacial score (nSPS) is 13.3. The van der Waals surface area contributed by atoms with Crippen LogP contribution in [0.25, 0.3) is 88.5 Å². The number of hydrogen-bond acceptors (Lipinski definition) is 4. The van der Waals surface area contributed by atoms with E-state index in [9.17, 15) is 0 Å². The highest BCUT2D eigenvalue weighted by Crippen LogP contribution is 2.59. The molecule has 0 spiro atoms. The topological polar surface area (TPSA) is 38.5 Å². The van der Waals surface area contributed by atoms with Crippen LogP contribution in [0.3, 0.4) is 0 Å². The van der Waals surface area contributed by atoms with E-state index in [4.69, 9.17) is 9.72 Å². The van der Waals surface area contributed by atoms with E-state index in [-0.39, 0.29) is 5.41 Å². The minimum absolute atomic E-state index is 0.0626. The second-order valence-corrected chi connectivity index (χ2v) is 24.7. The van der Waals surface area contributed by atoms with Gasteiger partial charge in [-0.15, -0.1) is 0 Å². The first-order valence-corrected chi connectivity index (χ1v) is 30.8. The Morgan fingerprint density at radius 1 is 0.382 bits per heavy atom. The lowest BCUT2D eigenvalue weighted by Crippen LogP contribution is -2.29. The molecule has 0 amide bonds. The van der Waals surface area contributed by atoms with Crippen LogP contribution in [0.15, 0.2) is 303 Å². The molecule has 0 saturated carbocycles. The van der Waals surface area contributed by atoms with Crippen molar-refractivity contribution in [3.8, 4) is 56.4 Å². The highest BCUT2D eigenvalue weighted by atomic mass is 16.5. The van der Waals surface area contributed by atoms with E-state index < -0.39 is 5.41 Å². The van der Waals surface area contributed by atoms with Crippen LogP contribution < -0.4 is 14.5 Å². The highest BCUT2D eigenvalue weighted by Gasteiger charge is 2.47. The van der Waals surface area contributed by atoms with Gasteiger partial charge in [-0.1, -0.05) is 227 Å². The fraction of sp³-hybridized carbons (Fsp3) is 0.0723. The number of benzene rings is 12. The third-order valence-corrected chi connectivity index (χ3v) is 18.7. The van der Waals surface area contributed by atoms with E-state index in [0.29, 0.717) is 6.67 Å². The third kappa shape index (κ3) is 8.21. The Balaban J connectivity index is 0.869. The summed E-state index contributed by atoms with van der Waals surface area (Å²) in [6.45, 7) is 7.28. The van der Waals surface area contributed by atoms with Crippen molar-refractivity contribution in [1.29, 1.82) is 0 Å². The molecule has 0 saturated heterocycles. The van der Waals surface area contributed by atoms with Gasteiger partial charge in [-0.3, -0.25) is 4.57 Å². The van der Waals surface area contributed by atoms with Crippen LogP contribution in [0.4, 0.5) is 22.7 Å². The van der Waals surface area contributed by atoms with E-state index in [1.54, 1.807) is 0 Å². The maximum absolute atomic E-state index is 7.52. The van der Waals surface area contributed by atoms with E-state index in [1.807, 2.05) is 6.20 Å². The monoisotopic (exact) mass is 1140 g/mol. The summed E-state index contributed by atoms with van der Waals surface area (Å²) in [5.41, 5.74) is 22.2. The number of nitrogens with zero attached hydrogens (tertiary/aromatic N) is 5. The molecule has 0 unspecified atom stereocenters. The Kier molecular flexibility index (Phi) is 12.0. The van der Waals surface area contributed by atoms with Crippen LogP contribution in [0.1, 0.15) is 48.6 Å². The van der Waals surface area contributed by atoms with Gasteiger partial charge in [0.1, 0.15) is 18.2 Å². The average molecular weight is 1140 g/mol. The quantitative estimate of drug-likeness (QED) is 0.137. The summed E-state index contributed by atoms with van der Waals surface area (Å²) in [6.07, 6.45) is 1.94. The van der Waals surface area contributed by atoms with Crippen molar-refractivity contribution in [1.82, 2.24) is 14.1 Å². The molecule has 2 aliphatic rings. The Hall–Kier alpha value is -11.2. The van der Waals surface area contributed by atoms with Crippen LogP contribution in [-0.4, -0.2) is 20.8 Å². The summed E-state index contributed by atoms with van der Waals surface area (Å²) in [5, 5.41) is 4.66. The predicted molar refractivity (Wildman–Crippen MR) is 368 cm³/mol. The van der Waals surface area contributed by atoms with Gasteiger partial charge in [-0.05, 0) is 134 Å². The molecule has 0 N–H and O–H groups in total. The van der Waals surface area contributed by atoms with Crippen molar-refractivity contribution >= 4 is 66.4 Å². The van der Waals surface area contributed by atoms with Crippen molar-refractivity contribution in [3.05, 3.63) is 331 Å². The molecule has 1 aliphatic heterocycles. The van der Waals surface area contributed by atoms with Crippen LogP contribution in [0, 0.1) is 0 Å². The molecule has 0 fully saturated rings. The van der Waals surface area contributed by atoms with Crippen molar-refractivity contribution < 1.29 is 4.74 Å². The van der Waals surface area contributed by atoms with Gasteiger partial charge in [0.25, 0.3) is 0 Å². The summed E-state index contributed by atoms with van der Waals surface area (Å²) >= 11 is 0. The highest BCUT2D eigenvalue weighted by molar-refractivity contribution is 6.11. The number of fused-ring (bicyclic) bond motifs is 10. The van der Waals surface area contributed by atoms with Crippen LogP contribution >= 0.6 is 0 Å². The van der Waals surface area contributed by atoms with Crippen LogP contribution in [0.5, 0.6) is 11.5 Å². The standard InChI is InChI=1S/C83H61N5O/c1-82(2,3)58-47-48-84-80(51-58)88-74-40-22-17-35-66(74)67-45-44-61(53-78(67)88)89-79-52-60(43-46-77(79)87-72-38-20-15-33-64(72)65-34-16-21-39-73(65)87)85-54-86(76-42-24-23-41-75(76)85)81-68(55-25-7-4-8-26-55)49-59(50-69(81)56-27-9-5-10-28-56)83(57-29-11-6-12-30-57)70-36-18-13-31-62(70)63-32-14-19-37-71(63)83/h4-53H,54H2,1-3H3. The van der Waals surface area contributed by atoms with E-state index in [1.165, 1.54) is 49.7 Å². The fourth-order valence-corrected chi connectivity index (χ4v) is 14.7. The lowest BCUT2D eigenvalue weighted by Gasteiger charge is -2.36. The van der Waals surface area contributed by atoms with Crippen molar-refractivity contribution in [3.63, 3.8) is 0 Å². The molecule has 0 bridgehead atoms. The fourth-order valence-electron chi connectivity index (χ4n) is 14.7. The number of ether oxygens (including phenoxy) is 1. The molecule has 6 nitrogen and oxygen atoms in total. The molecule has 17 rings (SSSR count). The zero-order chi connectivity index (χ0) is 59.4. The molecule has 6 heteroatoms. The molecule has 0 radical (unpaired) electrons. The Bertz CT molecular complexity index is 5110. The molecule has 4 heterocycles. The Labute approximate surface area is 518 Å². The summed E-state index contributed by atoms with van der Waals surface area (Å²) in [7, 11) is 0. The van der Waals surface area contributed by atoms with Gasteiger partial charge in [0, 0.05) is 56.7 Å². The summed E-state index contributed by atoms with van der Waals surface area (Å²) < 4.78 is 12.2. The molecule has 12 aromatic carbocycles. The Morgan fingerprint density at radius 3 is 1.48 bits per heavy atom. The summed E-state index contributed by atoms with van der Waals surface area (Å²) in [6, 6.07) is 109. The second kappa shape index (κ2) is 20.5. The van der Waals surface area contributed by atoms with Crippen molar-refractivity contribution in [2.75, 3.05) is 16.5 Å². The SMILES string of the molecule is CC(C)(C)c1ccnc(-n2c3ccccc3c3ccc(Oc4cc(N5CN(c6c(-c7ccccc7)cc(C7(c8ccccc8)c8ccccc8-c8ccccc87)cc6-c6ccccc6)c6ccccc65)ccc4-n4c5ccccc5c5ccccc54)cc32)c1. The number of para-hydroxylation sites is 5. The third-order valence-electron chi connectivity index (χ3n) is 18.7. The van der Waals surface area contributed by atoms with Gasteiger partial charge in [0.15, 0.2) is 5.75 Å². The van der Waals surface area contributed by atoms with Crippen molar-refractivity contribution in [2.24, 2.45) is 0 Å². The molecule has 15 aromatic rings. The molecular formula is C83H61N5O. The zero-order valence-corrected chi connectivity index (χ0v) is 49.7. The number of aromatic nitrogens is 3. The van der Waals surface area contributed by atoms with Gasteiger partial charge in [-0.2, -0.15) is 0 Å². The van der Waals surface area contributed by atoms with Gasteiger partial charge in [-0.25, -0.2) is 4.98 Å². The van der Waals surface area contributed by atoms with Gasteiger partial charge in [0.2, 0.25) is 0 Å². The van der Waals surface area contributed by atoms with Gasteiger partial charge < -0.3 is 19.1 Å². The number of anilines is 4. The van der Waals surface area contributed by atoms with E-state index >= 15 is 0 Å². The number of hydrogen-bond donors (Lipinski definition) is 0. The molecule has 0 atom stereocenters. The zero-order valence-electron chi connectivity index (χ0n) is 49.7. The second-order valence-electron chi connectivity index (χ2n) is 24.7. The van der Waals surface area contributed by atoms with Crippen LogP contribution in [0.2, 0.25) is 0 Å². The first-order chi connectivity index (χ1) is 43.8. The molecule has 1 aliphatic carbocycles.